The molecule has 0 bridgehead atoms. The minimum absolute atomic E-state index is 0.842. The van der Waals surface area contributed by atoms with E-state index in [0.717, 1.165) is 28.9 Å². The van der Waals surface area contributed by atoms with Gasteiger partial charge in [-0.25, -0.2) is 4.98 Å². The highest BCUT2D eigenvalue weighted by molar-refractivity contribution is 7.13. The van der Waals surface area contributed by atoms with Crippen LogP contribution < -0.4 is 0 Å². The molecule has 0 atom stereocenters. The second kappa shape index (κ2) is 3.77. The third-order valence-corrected chi connectivity index (χ3v) is 3.85. The maximum atomic E-state index is 4.52. The molecule has 4 heteroatoms. The maximum Gasteiger partial charge on any atom is 0.191 e. The highest BCUT2D eigenvalue weighted by Gasteiger charge is 2.19. The van der Waals surface area contributed by atoms with E-state index >= 15 is 0 Å². The van der Waals surface area contributed by atoms with Crippen LogP contribution in [-0.2, 0) is 6.42 Å². The summed E-state index contributed by atoms with van der Waals surface area (Å²) in [5, 5.41) is 9.34. The van der Waals surface area contributed by atoms with Crippen molar-refractivity contribution in [3.8, 4) is 10.7 Å². The fourth-order valence-electron chi connectivity index (χ4n) is 1.87. The summed E-state index contributed by atoms with van der Waals surface area (Å²) in [6.07, 6.45) is 5.17. The lowest BCUT2D eigenvalue weighted by Crippen LogP contribution is -2.14. The van der Waals surface area contributed by atoms with E-state index in [9.17, 15) is 0 Å². The van der Waals surface area contributed by atoms with Gasteiger partial charge in [0.1, 0.15) is 5.82 Å². The Labute approximate surface area is 92.6 Å². The molecule has 1 N–H and O–H groups in total. The zero-order chi connectivity index (χ0) is 10.1. The smallest absolute Gasteiger partial charge is 0.191 e. The van der Waals surface area contributed by atoms with E-state index in [-0.39, 0.29) is 0 Å². The maximum absolute atomic E-state index is 4.52. The molecule has 3 nitrogen and oxygen atoms in total. The number of rotatable bonds is 3. The average Bonchev–Trinajstić information content (AvgIpc) is 2.82. The van der Waals surface area contributed by atoms with Crippen LogP contribution >= 0.6 is 11.3 Å². The zero-order valence-corrected chi connectivity index (χ0v) is 9.26. The van der Waals surface area contributed by atoms with E-state index < -0.39 is 0 Å². The first-order valence-electron chi connectivity index (χ1n) is 5.37. The molecule has 3 rings (SSSR count). The molecule has 1 aliphatic rings. The van der Waals surface area contributed by atoms with Crippen molar-refractivity contribution >= 4 is 11.3 Å². The quantitative estimate of drug-likeness (QED) is 0.862. The van der Waals surface area contributed by atoms with Gasteiger partial charge in [-0.15, -0.1) is 11.3 Å². The molecule has 0 aromatic carbocycles. The molecule has 1 saturated carbocycles. The monoisotopic (exact) mass is 219 g/mol. The molecule has 0 saturated heterocycles. The molecule has 0 unspecified atom stereocenters. The Morgan fingerprint density at radius 2 is 2.40 bits per heavy atom. The van der Waals surface area contributed by atoms with E-state index in [1.807, 2.05) is 6.07 Å². The van der Waals surface area contributed by atoms with Crippen LogP contribution in [0.1, 0.15) is 25.1 Å². The van der Waals surface area contributed by atoms with Gasteiger partial charge < -0.3 is 0 Å². The van der Waals surface area contributed by atoms with Gasteiger partial charge in [0.15, 0.2) is 5.82 Å². The van der Waals surface area contributed by atoms with Crippen LogP contribution in [0.25, 0.3) is 10.7 Å². The molecule has 78 valence electrons. The normalized spacial score (nSPS) is 16.5. The number of hydrogen-bond donors (Lipinski definition) is 1. The van der Waals surface area contributed by atoms with Gasteiger partial charge in [-0.1, -0.05) is 25.3 Å². The highest BCUT2D eigenvalue weighted by Crippen LogP contribution is 2.29. The second-order valence-electron chi connectivity index (χ2n) is 4.08. The lowest BCUT2D eigenvalue weighted by molar-refractivity contribution is 0.309. The predicted octanol–water partition coefficient (Wildman–Crippen LogP) is 2.88. The van der Waals surface area contributed by atoms with Crippen molar-refractivity contribution in [2.24, 2.45) is 5.92 Å². The number of nitrogens with one attached hydrogen (secondary N) is 1. The van der Waals surface area contributed by atoms with Gasteiger partial charge in [0, 0.05) is 6.42 Å². The molecule has 0 radical (unpaired) electrons. The van der Waals surface area contributed by atoms with E-state index in [0.29, 0.717) is 0 Å². The van der Waals surface area contributed by atoms with Crippen LogP contribution in [0.3, 0.4) is 0 Å². The third-order valence-electron chi connectivity index (χ3n) is 2.98. The molecule has 15 heavy (non-hydrogen) atoms. The van der Waals surface area contributed by atoms with Crippen molar-refractivity contribution in [1.82, 2.24) is 15.2 Å². The van der Waals surface area contributed by atoms with Gasteiger partial charge in [-0.05, 0) is 17.4 Å². The van der Waals surface area contributed by atoms with Gasteiger partial charge in [-0.2, -0.15) is 5.10 Å². The summed E-state index contributed by atoms with van der Waals surface area (Å²) in [4.78, 5) is 5.66. The summed E-state index contributed by atoms with van der Waals surface area (Å²) < 4.78 is 0. The standard InChI is InChI=1S/C11H13N3S/c1-3-8(4-1)7-10-12-11(14-13-10)9-5-2-6-15-9/h2,5-6,8H,1,3-4,7H2,(H,12,13,14). The molecule has 1 aliphatic carbocycles. The Morgan fingerprint density at radius 1 is 1.47 bits per heavy atom. The highest BCUT2D eigenvalue weighted by atomic mass is 32.1. The molecule has 2 aromatic heterocycles. The molecule has 1 fully saturated rings. The minimum Gasteiger partial charge on any atom is -0.263 e. The van der Waals surface area contributed by atoms with Crippen molar-refractivity contribution < 1.29 is 0 Å². The van der Waals surface area contributed by atoms with E-state index in [1.165, 1.54) is 19.3 Å². The number of hydrogen-bond acceptors (Lipinski definition) is 3. The summed E-state index contributed by atoms with van der Waals surface area (Å²) in [5.41, 5.74) is 0. The minimum atomic E-state index is 0.842. The number of aromatic nitrogens is 3. The molecule has 0 amide bonds. The largest absolute Gasteiger partial charge is 0.263 e. The summed E-state index contributed by atoms with van der Waals surface area (Å²) in [6.45, 7) is 0. The molecule has 0 spiro atoms. The van der Waals surface area contributed by atoms with Crippen molar-refractivity contribution in [2.45, 2.75) is 25.7 Å². The van der Waals surface area contributed by atoms with Gasteiger partial charge in [0.05, 0.1) is 4.88 Å². The average molecular weight is 219 g/mol. The number of thiophene rings is 1. The third kappa shape index (κ3) is 1.81. The molecular weight excluding hydrogens is 206 g/mol. The van der Waals surface area contributed by atoms with Crippen LogP contribution in [0.5, 0.6) is 0 Å². The van der Waals surface area contributed by atoms with E-state index in [2.05, 4.69) is 26.6 Å². The van der Waals surface area contributed by atoms with Crippen molar-refractivity contribution in [3.63, 3.8) is 0 Å². The topological polar surface area (TPSA) is 41.6 Å². The van der Waals surface area contributed by atoms with Gasteiger partial charge in [0.25, 0.3) is 0 Å². The Kier molecular flexibility index (Phi) is 2.29. The SMILES string of the molecule is c1csc(-c2n[nH]c(CC3CCC3)n2)c1. The number of aromatic amines is 1. The Bertz CT molecular complexity index is 428. The molecule has 2 aromatic rings. The molecule has 2 heterocycles. The van der Waals surface area contributed by atoms with Crippen LogP contribution in [0.4, 0.5) is 0 Å². The summed E-state index contributed by atoms with van der Waals surface area (Å²) in [5.74, 6) is 2.73. The fourth-order valence-corrected chi connectivity index (χ4v) is 2.53. The Morgan fingerprint density at radius 3 is 3.07 bits per heavy atom. The van der Waals surface area contributed by atoms with Crippen molar-refractivity contribution in [1.29, 1.82) is 0 Å². The van der Waals surface area contributed by atoms with Crippen LogP contribution in [-0.4, -0.2) is 15.2 Å². The van der Waals surface area contributed by atoms with Gasteiger partial charge in [0.2, 0.25) is 0 Å². The lowest BCUT2D eigenvalue weighted by Gasteiger charge is -2.23. The number of nitrogens with zero attached hydrogens (tertiary/aromatic N) is 2. The Balaban J connectivity index is 1.75. The molecular formula is C11H13N3S. The van der Waals surface area contributed by atoms with Gasteiger partial charge in [-0.3, -0.25) is 5.10 Å². The van der Waals surface area contributed by atoms with E-state index in [4.69, 9.17) is 0 Å². The Hall–Kier alpha value is -1.16. The van der Waals surface area contributed by atoms with Crippen molar-refractivity contribution in [2.75, 3.05) is 0 Å². The van der Waals surface area contributed by atoms with E-state index in [1.54, 1.807) is 11.3 Å². The van der Waals surface area contributed by atoms with Gasteiger partial charge >= 0.3 is 0 Å². The number of H-pyrrole nitrogens is 1. The fraction of sp³-hybridized carbons (Fsp3) is 0.455. The summed E-state index contributed by atoms with van der Waals surface area (Å²) in [7, 11) is 0. The van der Waals surface area contributed by atoms with Crippen LogP contribution in [0, 0.1) is 5.92 Å². The van der Waals surface area contributed by atoms with Crippen LogP contribution in [0.2, 0.25) is 0 Å². The zero-order valence-electron chi connectivity index (χ0n) is 8.44. The van der Waals surface area contributed by atoms with Crippen LogP contribution in [0.15, 0.2) is 17.5 Å². The first-order valence-corrected chi connectivity index (χ1v) is 6.25. The predicted molar refractivity (Wildman–Crippen MR) is 60.7 cm³/mol. The van der Waals surface area contributed by atoms with Crippen molar-refractivity contribution in [3.05, 3.63) is 23.3 Å². The first kappa shape index (κ1) is 9.09. The molecule has 0 aliphatic heterocycles. The summed E-state index contributed by atoms with van der Waals surface area (Å²) in [6, 6.07) is 4.09. The summed E-state index contributed by atoms with van der Waals surface area (Å²) >= 11 is 1.68. The second-order valence-corrected chi connectivity index (χ2v) is 5.03. The lowest BCUT2D eigenvalue weighted by atomic mass is 9.83. The first-order chi connectivity index (χ1) is 7.42.